The Balaban J connectivity index is 2.05. The monoisotopic (exact) mass is 329 g/mol. The topological polar surface area (TPSA) is 104 Å². The van der Waals surface area contributed by atoms with E-state index >= 15 is 0 Å². The molecule has 8 heteroatoms. The van der Waals surface area contributed by atoms with Crippen molar-refractivity contribution in [2.24, 2.45) is 10.2 Å². The van der Waals surface area contributed by atoms with Crippen LogP contribution in [0.3, 0.4) is 0 Å². The van der Waals surface area contributed by atoms with Crippen LogP contribution in [0.2, 0.25) is 5.02 Å². The van der Waals surface area contributed by atoms with Crippen molar-refractivity contribution in [3.63, 3.8) is 0 Å². The van der Waals surface area contributed by atoms with Crippen molar-refractivity contribution < 1.29 is 4.92 Å². The Morgan fingerprint density at radius 1 is 1.22 bits per heavy atom. The number of nitrogens with zero attached hydrogens (tertiary/aromatic N) is 4. The number of azo groups is 1. The predicted octanol–water partition coefficient (Wildman–Crippen LogP) is 4.99. The molecule has 0 heterocycles. The lowest BCUT2D eigenvalue weighted by atomic mass is 10.3. The Morgan fingerprint density at radius 2 is 1.96 bits per heavy atom. The van der Waals surface area contributed by atoms with Gasteiger partial charge >= 0.3 is 0 Å². The molecule has 0 unspecified atom stereocenters. The molecule has 2 rings (SSSR count). The second-order valence-corrected chi connectivity index (χ2v) is 4.88. The summed E-state index contributed by atoms with van der Waals surface area (Å²) in [7, 11) is 0. The summed E-state index contributed by atoms with van der Waals surface area (Å²) in [6, 6.07) is 13.2. The Labute approximate surface area is 137 Å². The molecule has 0 fully saturated rings. The molecule has 0 aromatic heterocycles. The van der Waals surface area contributed by atoms with Crippen LogP contribution in [0.25, 0.3) is 0 Å². The zero-order valence-electron chi connectivity index (χ0n) is 11.9. The first-order valence-electron chi connectivity index (χ1n) is 6.67. The fourth-order valence-electron chi connectivity index (χ4n) is 1.71. The Bertz CT molecular complexity index is 768. The van der Waals surface area contributed by atoms with Crippen molar-refractivity contribution >= 4 is 34.4 Å². The Hall–Kier alpha value is -2.98. The third-order valence-corrected chi connectivity index (χ3v) is 3.15. The van der Waals surface area contributed by atoms with Gasteiger partial charge < -0.3 is 5.32 Å². The highest BCUT2D eigenvalue weighted by Gasteiger charge is 2.08. The van der Waals surface area contributed by atoms with Crippen molar-refractivity contribution in [1.29, 1.82) is 5.26 Å². The summed E-state index contributed by atoms with van der Waals surface area (Å²) >= 11 is 5.94. The van der Waals surface area contributed by atoms with Crippen LogP contribution >= 0.6 is 11.6 Å². The van der Waals surface area contributed by atoms with Gasteiger partial charge in [-0.25, -0.2) is 0 Å². The third-order valence-electron chi connectivity index (χ3n) is 2.85. The number of hydrogen-bond acceptors (Lipinski definition) is 6. The van der Waals surface area contributed by atoms with Crippen LogP contribution in [0.1, 0.15) is 6.42 Å². The second-order valence-electron chi connectivity index (χ2n) is 4.47. The molecule has 0 saturated carbocycles. The van der Waals surface area contributed by atoms with Gasteiger partial charge in [-0.2, -0.15) is 10.4 Å². The number of nitro groups is 1. The molecule has 116 valence electrons. The molecule has 0 spiro atoms. The molecule has 2 aromatic rings. The Morgan fingerprint density at radius 3 is 2.57 bits per heavy atom. The predicted molar refractivity (Wildman–Crippen MR) is 87.4 cm³/mol. The molecule has 1 N–H and O–H groups in total. The number of rotatable bonds is 6. The van der Waals surface area contributed by atoms with Gasteiger partial charge in [-0.15, -0.1) is 5.11 Å². The van der Waals surface area contributed by atoms with Gasteiger partial charge in [0.25, 0.3) is 5.69 Å². The van der Waals surface area contributed by atoms with Crippen molar-refractivity contribution in [1.82, 2.24) is 0 Å². The SMILES string of the molecule is N#CCCNc1ccc(N=Nc2ccc([N+](=O)[O-])cc2Cl)cc1. The van der Waals surface area contributed by atoms with E-state index in [9.17, 15) is 10.1 Å². The molecular formula is C15H12ClN5O2. The summed E-state index contributed by atoms with van der Waals surface area (Å²) in [4.78, 5) is 10.1. The zero-order chi connectivity index (χ0) is 16.7. The largest absolute Gasteiger partial charge is 0.384 e. The number of nitriles is 1. The minimum Gasteiger partial charge on any atom is -0.384 e. The van der Waals surface area contributed by atoms with Crippen LogP contribution in [0.5, 0.6) is 0 Å². The van der Waals surface area contributed by atoms with Crippen LogP contribution < -0.4 is 5.32 Å². The average molecular weight is 330 g/mol. The van der Waals surface area contributed by atoms with E-state index in [4.69, 9.17) is 16.9 Å². The van der Waals surface area contributed by atoms with Gasteiger partial charge in [-0.1, -0.05) is 11.6 Å². The standard InChI is InChI=1S/C15H12ClN5O2/c16-14-10-13(21(22)23)6-7-15(14)20-19-12-4-2-11(3-5-12)18-9-1-8-17/h2-7,10,18H,1,9H2. The fraction of sp³-hybridized carbons (Fsp3) is 0.133. The second kappa shape index (κ2) is 7.87. The molecule has 2 aromatic carbocycles. The number of nitrogens with one attached hydrogen (secondary N) is 1. The van der Waals surface area contributed by atoms with E-state index in [1.165, 1.54) is 18.2 Å². The number of anilines is 1. The maximum Gasteiger partial charge on any atom is 0.271 e. The van der Waals surface area contributed by atoms with E-state index < -0.39 is 4.92 Å². The van der Waals surface area contributed by atoms with Crippen LogP contribution in [-0.2, 0) is 0 Å². The lowest BCUT2D eigenvalue weighted by Gasteiger charge is -2.03. The molecule has 0 radical (unpaired) electrons. The summed E-state index contributed by atoms with van der Waals surface area (Å²) in [5.74, 6) is 0. The van der Waals surface area contributed by atoms with Crippen molar-refractivity contribution in [3.8, 4) is 6.07 Å². The molecular weight excluding hydrogens is 318 g/mol. The van der Waals surface area contributed by atoms with Gasteiger partial charge in [0, 0.05) is 24.4 Å². The lowest BCUT2D eigenvalue weighted by molar-refractivity contribution is -0.384. The first-order chi connectivity index (χ1) is 11.1. The van der Waals surface area contributed by atoms with Crippen molar-refractivity contribution in [2.75, 3.05) is 11.9 Å². The molecule has 7 nitrogen and oxygen atoms in total. The fourth-order valence-corrected chi connectivity index (χ4v) is 1.92. The molecule has 0 bridgehead atoms. The highest BCUT2D eigenvalue weighted by Crippen LogP contribution is 2.30. The minimum absolute atomic E-state index is 0.0956. The van der Waals surface area contributed by atoms with Gasteiger partial charge in [0.2, 0.25) is 0 Å². The van der Waals surface area contributed by atoms with E-state index in [0.717, 1.165) is 5.69 Å². The lowest BCUT2D eigenvalue weighted by Crippen LogP contribution is -1.99. The molecule has 0 aliphatic heterocycles. The average Bonchev–Trinajstić information content (AvgIpc) is 2.55. The quantitative estimate of drug-likeness (QED) is 0.349. The maximum atomic E-state index is 10.6. The smallest absolute Gasteiger partial charge is 0.271 e. The van der Waals surface area contributed by atoms with E-state index in [1.807, 2.05) is 12.1 Å². The number of hydrogen-bond donors (Lipinski definition) is 1. The van der Waals surface area contributed by atoms with Crippen LogP contribution in [0.4, 0.5) is 22.7 Å². The number of non-ortho nitro benzene ring substituents is 1. The summed E-state index contributed by atoms with van der Waals surface area (Å²) in [5, 5.41) is 30.4. The minimum atomic E-state index is -0.523. The highest BCUT2D eigenvalue weighted by atomic mass is 35.5. The summed E-state index contributed by atoms with van der Waals surface area (Å²) in [5.41, 5.74) is 1.76. The molecule has 0 atom stereocenters. The highest BCUT2D eigenvalue weighted by molar-refractivity contribution is 6.33. The number of halogens is 1. The first kappa shape index (κ1) is 16.4. The molecule has 0 aliphatic carbocycles. The summed E-state index contributed by atoms with van der Waals surface area (Å²) in [6.07, 6.45) is 0.431. The zero-order valence-corrected chi connectivity index (χ0v) is 12.7. The van der Waals surface area contributed by atoms with E-state index in [0.29, 0.717) is 24.3 Å². The Kier molecular flexibility index (Phi) is 5.61. The molecule has 23 heavy (non-hydrogen) atoms. The van der Waals surface area contributed by atoms with Crippen LogP contribution in [-0.4, -0.2) is 11.5 Å². The molecule has 0 aliphatic rings. The van der Waals surface area contributed by atoms with E-state index in [-0.39, 0.29) is 10.7 Å². The summed E-state index contributed by atoms with van der Waals surface area (Å²) < 4.78 is 0. The summed E-state index contributed by atoms with van der Waals surface area (Å²) in [6.45, 7) is 0.579. The van der Waals surface area contributed by atoms with Gasteiger partial charge in [0.1, 0.15) is 5.69 Å². The molecule has 0 amide bonds. The van der Waals surface area contributed by atoms with Gasteiger partial charge in [0.05, 0.1) is 28.1 Å². The normalized spacial score (nSPS) is 10.4. The van der Waals surface area contributed by atoms with Crippen molar-refractivity contribution in [2.45, 2.75) is 6.42 Å². The van der Waals surface area contributed by atoms with Gasteiger partial charge in [-0.3, -0.25) is 10.1 Å². The van der Waals surface area contributed by atoms with E-state index in [2.05, 4.69) is 21.6 Å². The first-order valence-corrected chi connectivity index (χ1v) is 7.04. The molecule has 0 saturated heterocycles. The maximum absolute atomic E-state index is 10.6. The van der Waals surface area contributed by atoms with E-state index in [1.54, 1.807) is 12.1 Å². The third kappa shape index (κ3) is 4.76. The van der Waals surface area contributed by atoms with Crippen LogP contribution in [0, 0.1) is 21.4 Å². The van der Waals surface area contributed by atoms with Crippen molar-refractivity contribution in [3.05, 3.63) is 57.6 Å². The van der Waals surface area contributed by atoms with Crippen LogP contribution in [0.15, 0.2) is 52.7 Å². The number of nitro benzene ring substituents is 1. The number of benzene rings is 2. The van der Waals surface area contributed by atoms with Gasteiger partial charge in [-0.05, 0) is 30.3 Å². The van der Waals surface area contributed by atoms with Gasteiger partial charge in [0.15, 0.2) is 0 Å².